The molecular weight excluding hydrogens is 535 g/mol. The highest BCUT2D eigenvalue weighted by Gasteiger charge is 2.31. The fourth-order valence-corrected chi connectivity index (χ4v) is 4.84. The molecular formula is C28H24F3N9O. The number of hydrogen-bond donors (Lipinski definition) is 2. The van der Waals surface area contributed by atoms with Gasteiger partial charge in [0.25, 0.3) is 11.5 Å². The SMILES string of the molecule is Cc1cc(/N=c2/ncc3cc(-c4cc(NC(=O)c5cc(C(F)(F)F)ccn5)ccc4C)c4n(c-3n2)CCN4)n(C)n1. The molecule has 3 aromatic rings. The molecule has 2 N–H and O–H groups in total. The van der Waals surface area contributed by atoms with E-state index in [2.05, 4.69) is 35.3 Å². The fraction of sp³-hybridized carbons (Fsp3) is 0.214. The van der Waals surface area contributed by atoms with E-state index in [1.807, 2.05) is 39.1 Å². The lowest BCUT2D eigenvalue weighted by Gasteiger charge is -2.19. The molecule has 0 bridgehead atoms. The number of halogens is 3. The highest BCUT2D eigenvalue weighted by atomic mass is 19.4. The Bertz CT molecular complexity index is 1860. The van der Waals surface area contributed by atoms with Crippen LogP contribution in [0.4, 0.5) is 30.5 Å². The van der Waals surface area contributed by atoms with Crippen molar-refractivity contribution in [3.63, 3.8) is 0 Å². The average Bonchev–Trinajstić information content (AvgIpc) is 3.55. The molecule has 0 saturated heterocycles. The number of hydrogen-bond acceptors (Lipinski definition) is 7. The minimum atomic E-state index is -4.58. The van der Waals surface area contributed by atoms with Crippen molar-refractivity contribution in [1.29, 1.82) is 0 Å². The number of pyridine rings is 2. The van der Waals surface area contributed by atoms with Crippen LogP contribution in [-0.4, -0.2) is 41.8 Å². The van der Waals surface area contributed by atoms with Crippen molar-refractivity contribution >= 4 is 23.2 Å². The lowest BCUT2D eigenvalue weighted by atomic mass is 9.98. The van der Waals surface area contributed by atoms with Crippen LogP contribution < -0.4 is 16.3 Å². The Morgan fingerprint density at radius 1 is 1.07 bits per heavy atom. The summed E-state index contributed by atoms with van der Waals surface area (Å²) in [6.45, 7) is 5.21. The molecule has 1 aromatic carbocycles. The molecule has 0 fully saturated rings. The van der Waals surface area contributed by atoms with E-state index in [1.165, 1.54) is 0 Å². The van der Waals surface area contributed by atoms with Gasteiger partial charge >= 0.3 is 6.18 Å². The number of carbonyl (C=O) groups excluding carboxylic acids is 1. The number of aromatic nitrogens is 6. The van der Waals surface area contributed by atoms with Crippen LogP contribution >= 0.6 is 0 Å². The van der Waals surface area contributed by atoms with Gasteiger partial charge in [0.1, 0.15) is 17.3 Å². The zero-order chi connectivity index (χ0) is 28.9. The molecule has 3 aliphatic rings. The standard InChI is InChI=1S/C28H24F3N9O/c1-15-4-5-19(35-26(41)22-12-18(6-7-32-22)28(29,30)31)13-20(15)21-11-17-14-34-27(36-23-10-16(2)38-39(23)3)37-24(17)40-9-8-33-25(21)40/h4-7,10-14,33H,8-9H2,1-3H3,(H,35,41)/b36-27-. The molecule has 0 aliphatic carbocycles. The highest BCUT2D eigenvalue weighted by molar-refractivity contribution is 6.03. The van der Waals surface area contributed by atoms with Crippen LogP contribution in [0, 0.1) is 13.8 Å². The number of benzene rings is 1. The molecule has 13 heteroatoms. The molecule has 0 radical (unpaired) electrons. The summed E-state index contributed by atoms with van der Waals surface area (Å²) in [5.41, 5.74) is 3.76. The van der Waals surface area contributed by atoms with Gasteiger partial charge in [-0.1, -0.05) is 6.07 Å². The van der Waals surface area contributed by atoms with Crippen molar-refractivity contribution in [2.24, 2.45) is 12.0 Å². The van der Waals surface area contributed by atoms with Crippen molar-refractivity contribution in [2.45, 2.75) is 26.6 Å². The summed E-state index contributed by atoms with van der Waals surface area (Å²) in [6, 6.07) is 10.7. The second-order valence-electron chi connectivity index (χ2n) is 9.72. The molecule has 2 aromatic heterocycles. The Kier molecular flexibility index (Phi) is 6.28. The molecule has 10 nitrogen and oxygen atoms in total. The molecule has 41 heavy (non-hydrogen) atoms. The second-order valence-corrected chi connectivity index (χ2v) is 9.72. The van der Waals surface area contributed by atoms with Crippen molar-refractivity contribution < 1.29 is 18.0 Å². The molecule has 3 aliphatic heterocycles. The van der Waals surface area contributed by atoms with Gasteiger partial charge in [0.05, 0.1) is 11.3 Å². The van der Waals surface area contributed by atoms with Crippen LogP contribution in [0.2, 0.25) is 0 Å². The van der Waals surface area contributed by atoms with Crippen molar-refractivity contribution in [2.75, 3.05) is 17.2 Å². The Balaban J connectivity index is 1.38. The minimum Gasteiger partial charge on any atom is -0.369 e. The lowest BCUT2D eigenvalue weighted by molar-refractivity contribution is -0.137. The fourth-order valence-electron chi connectivity index (χ4n) is 4.84. The van der Waals surface area contributed by atoms with Crippen LogP contribution in [-0.2, 0) is 19.8 Å². The molecule has 0 atom stereocenters. The topological polar surface area (TPSA) is 115 Å². The third-order valence-corrected chi connectivity index (χ3v) is 6.79. The number of carbonyl (C=O) groups is 1. The molecule has 0 unspecified atom stereocenters. The van der Waals surface area contributed by atoms with Crippen LogP contribution in [0.25, 0.3) is 22.5 Å². The Hall–Kier alpha value is -5.07. The number of anilines is 2. The predicted molar refractivity (Wildman–Crippen MR) is 146 cm³/mol. The van der Waals surface area contributed by atoms with Gasteiger partial charge in [-0.05, 0) is 55.3 Å². The molecule has 208 valence electrons. The van der Waals surface area contributed by atoms with Gasteiger partial charge in [0.2, 0.25) is 0 Å². The maximum absolute atomic E-state index is 13.1. The van der Waals surface area contributed by atoms with E-state index in [0.717, 1.165) is 57.9 Å². The van der Waals surface area contributed by atoms with E-state index in [0.29, 0.717) is 30.2 Å². The predicted octanol–water partition coefficient (Wildman–Crippen LogP) is 4.72. The third kappa shape index (κ3) is 5.01. The smallest absolute Gasteiger partial charge is 0.369 e. The summed E-state index contributed by atoms with van der Waals surface area (Å²) >= 11 is 0. The van der Waals surface area contributed by atoms with Crippen molar-refractivity contribution in [3.8, 4) is 22.5 Å². The lowest BCUT2D eigenvalue weighted by Crippen LogP contribution is -2.18. The summed E-state index contributed by atoms with van der Waals surface area (Å²) in [6.07, 6.45) is -1.88. The largest absolute Gasteiger partial charge is 0.416 e. The normalized spacial score (nSPS) is 13.4. The zero-order valence-corrected chi connectivity index (χ0v) is 22.3. The number of fused-ring (bicyclic) bond motifs is 3. The summed E-state index contributed by atoms with van der Waals surface area (Å²) in [5.74, 6) is 1.48. The minimum absolute atomic E-state index is 0.318. The van der Waals surface area contributed by atoms with Gasteiger partial charge in [-0.15, -0.1) is 0 Å². The molecule has 1 amide bonds. The van der Waals surface area contributed by atoms with Crippen LogP contribution in [0.15, 0.2) is 59.9 Å². The maximum Gasteiger partial charge on any atom is 0.416 e. The van der Waals surface area contributed by atoms with Gasteiger partial charge in [-0.3, -0.25) is 14.5 Å². The summed E-state index contributed by atoms with van der Waals surface area (Å²) in [7, 11) is 1.81. The van der Waals surface area contributed by atoms with E-state index in [9.17, 15) is 18.0 Å². The van der Waals surface area contributed by atoms with Crippen LogP contribution in [0.5, 0.6) is 0 Å². The van der Waals surface area contributed by atoms with E-state index in [1.54, 1.807) is 23.0 Å². The summed E-state index contributed by atoms with van der Waals surface area (Å²) in [5, 5.41) is 10.4. The number of alkyl halides is 3. The first kappa shape index (κ1) is 26.2. The van der Waals surface area contributed by atoms with Gasteiger partial charge in [-0.25, -0.2) is 4.98 Å². The molecule has 0 spiro atoms. The first-order valence-electron chi connectivity index (χ1n) is 12.7. The monoisotopic (exact) mass is 559 g/mol. The summed E-state index contributed by atoms with van der Waals surface area (Å²) in [4.78, 5) is 30.3. The first-order valence-corrected chi connectivity index (χ1v) is 12.7. The Labute approximate surface area is 232 Å². The second kappa shape index (κ2) is 9.84. The van der Waals surface area contributed by atoms with Gasteiger partial charge < -0.3 is 15.2 Å². The quantitative estimate of drug-likeness (QED) is 0.329. The molecule has 0 saturated carbocycles. The summed E-state index contributed by atoms with van der Waals surface area (Å²) < 4.78 is 43.1. The third-order valence-electron chi connectivity index (χ3n) is 6.79. The number of rotatable bonds is 4. The highest BCUT2D eigenvalue weighted by Crippen LogP contribution is 2.39. The van der Waals surface area contributed by atoms with Crippen LogP contribution in [0.1, 0.15) is 27.3 Å². The van der Waals surface area contributed by atoms with Gasteiger partial charge in [0.15, 0.2) is 5.82 Å². The number of amides is 1. The molecule has 6 rings (SSSR count). The van der Waals surface area contributed by atoms with E-state index >= 15 is 0 Å². The average molecular weight is 560 g/mol. The number of nitrogens with zero attached hydrogens (tertiary/aromatic N) is 7. The van der Waals surface area contributed by atoms with Crippen LogP contribution in [0.3, 0.4) is 0 Å². The van der Waals surface area contributed by atoms with E-state index in [-0.39, 0.29) is 5.69 Å². The van der Waals surface area contributed by atoms with Crippen molar-refractivity contribution in [3.05, 3.63) is 83.0 Å². The van der Waals surface area contributed by atoms with Gasteiger partial charge in [-0.2, -0.15) is 28.2 Å². The Morgan fingerprint density at radius 2 is 1.90 bits per heavy atom. The maximum atomic E-state index is 13.1. The van der Waals surface area contributed by atoms with E-state index in [4.69, 9.17) is 4.98 Å². The molecule has 5 heterocycles. The first-order chi connectivity index (χ1) is 19.6. The van der Waals surface area contributed by atoms with Crippen molar-refractivity contribution in [1.82, 2.24) is 29.3 Å². The Morgan fingerprint density at radius 3 is 2.66 bits per heavy atom. The zero-order valence-electron chi connectivity index (χ0n) is 22.3. The van der Waals surface area contributed by atoms with E-state index < -0.39 is 17.6 Å². The number of aryl methyl sites for hydroxylation is 3. The number of nitrogens with one attached hydrogen (secondary N) is 2. The van der Waals surface area contributed by atoms with Gasteiger partial charge in [0, 0.05) is 55.4 Å².